The molecule has 176 valence electrons. The molecule has 8 nitrogen and oxygen atoms in total. The van der Waals surface area contributed by atoms with E-state index in [-0.39, 0.29) is 18.2 Å². The van der Waals surface area contributed by atoms with Gasteiger partial charge in [0.25, 0.3) is 0 Å². The van der Waals surface area contributed by atoms with E-state index in [2.05, 4.69) is 24.1 Å². The van der Waals surface area contributed by atoms with Crippen LogP contribution in [0.15, 0.2) is 48.5 Å². The van der Waals surface area contributed by atoms with Crippen LogP contribution in [0.5, 0.6) is 5.75 Å². The van der Waals surface area contributed by atoms with Crippen LogP contribution in [0.2, 0.25) is 0 Å². The number of methoxy groups -OCH3 is 1. The molecule has 33 heavy (non-hydrogen) atoms. The number of hydrogen-bond donors (Lipinski definition) is 1. The zero-order chi connectivity index (χ0) is 23.8. The fourth-order valence-corrected chi connectivity index (χ4v) is 3.72. The summed E-state index contributed by atoms with van der Waals surface area (Å²) in [5.41, 5.74) is 1.73. The number of rotatable bonds is 10. The molecule has 1 fully saturated rings. The molecule has 0 aliphatic carbocycles. The van der Waals surface area contributed by atoms with E-state index in [0.29, 0.717) is 36.7 Å². The van der Waals surface area contributed by atoms with Crippen molar-refractivity contribution >= 4 is 29.2 Å². The molecule has 0 spiro atoms. The standard InChI is InChI=1S/C25H31N3O5/c1-4-27(5-2)14-15-33-25(31)18-6-8-20(9-7-18)26-24(30)19-16-23(29)28(17-19)21-10-12-22(32-3)13-11-21/h6-13,19H,4-5,14-17H2,1-3H3,(H,26,30). The molecule has 0 radical (unpaired) electrons. The van der Waals surface area contributed by atoms with Gasteiger partial charge in [0.05, 0.1) is 18.6 Å². The first kappa shape index (κ1) is 24.3. The number of esters is 1. The monoisotopic (exact) mass is 453 g/mol. The largest absolute Gasteiger partial charge is 0.497 e. The van der Waals surface area contributed by atoms with Crippen molar-refractivity contribution in [3.05, 3.63) is 54.1 Å². The first-order valence-electron chi connectivity index (χ1n) is 11.2. The van der Waals surface area contributed by atoms with Crippen LogP contribution in [0.1, 0.15) is 30.6 Å². The molecule has 2 aromatic carbocycles. The van der Waals surface area contributed by atoms with Gasteiger partial charge >= 0.3 is 5.97 Å². The maximum Gasteiger partial charge on any atom is 0.338 e. The molecule has 3 rings (SSSR count). The van der Waals surface area contributed by atoms with E-state index in [4.69, 9.17) is 9.47 Å². The SMILES string of the molecule is CCN(CC)CCOC(=O)c1ccc(NC(=O)C2CC(=O)N(c3ccc(OC)cc3)C2)cc1. The summed E-state index contributed by atoms with van der Waals surface area (Å²) in [5.74, 6) is -0.464. The number of carbonyl (C=O) groups excluding carboxylic acids is 3. The van der Waals surface area contributed by atoms with Crippen LogP contribution in [-0.4, -0.2) is 62.6 Å². The summed E-state index contributed by atoms with van der Waals surface area (Å²) >= 11 is 0. The summed E-state index contributed by atoms with van der Waals surface area (Å²) in [6.07, 6.45) is 0.148. The summed E-state index contributed by atoms with van der Waals surface area (Å²) in [7, 11) is 1.58. The maximum absolute atomic E-state index is 12.7. The van der Waals surface area contributed by atoms with Crippen LogP contribution in [0.25, 0.3) is 0 Å². The fourth-order valence-electron chi connectivity index (χ4n) is 3.72. The molecule has 1 unspecified atom stereocenters. The molecular weight excluding hydrogens is 422 g/mol. The van der Waals surface area contributed by atoms with Gasteiger partial charge in [-0.15, -0.1) is 0 Å². The summed E-state index contributed by atoms with van der Waals surface area (Å²) in [6.45, 7) is 7.29. The van der Waals surface area contributed by atoms with Crippen molar-refractivity contribution in [2.24, 2.45) is 5.92 Å². The topological polar surface area (TPSA) is 88.2 Å². The molecular formula is C25H31N3O5. The Balaban J connectivity index is 1.52. The van der Waals surface area contributed by atoms with Gasteiger partial charge in [-0.05, 0) is 61.6 Å². The number of ether oxygens (including phenoxy) is 2. The lowest BCUT2D eigenvalue weighted by molar-refractivity contribution is -0.122. The molecule has 0 bridgehead atoms. The van der Waals surface area contributed by atoms with Crippen LogP contribution < -0.4 is 15.0 Å². The third kappa shape index (κ3) is 6.32. The van der Waals surface area contributed by atoms with Gasteiger partial charge < -0.3 is 24.6 Å². The van der Waals surface area contributed by atoms with Crippen molar-refractivity contribution in [2.75, 3.05) is 50.1 Å². The van der Waals surface area contributed by atoms with Crippen molar-refractivity contribution in [2.45, 2.75) is 20.3 Å². The van der Waals surface area contributed by atoms with E-state index in [1.54, 1.807) is 60.5 Å². The zero-order valence-corrected chi connectivity index (χ0v) is 19.4. The van der Waals surface area contributed by atoms with E-state index < -0.39 is 11.9 Å². The molecule has 2 amide bonds. The van der Waals surface area contributed by atoms with Crippen molar-refractivity contribution in [3.8, 4) is 5.75 Å². The van der Waals surface area contributed by atoms with E-state index in [1.807, 2.05) is 0 Å². The number of nitrogens with zero attached hydrogens (tertiary/aromatic N) is 2. The first-order chi connectivity index (χ1) is 15.9. The highest BCUT2D eigenvalue weighted by atomic mass is 16.5. The summed E-state index contributed by atoms with van der Waals surface area (Å²) in [5, 5.41) is 2.84. The van der Waals surface area contributed by atoms with E-state index in [0.717, 1.165) is 18.8 Å². The van der Waals surface area contributed by atoms with Gasteiger partial charge in [-0.25, -0.2) is 4.79 Å². The summed E-state index contributed by atoms with van der Waals surface area (Å²) < 4.78 is 10.5. The Labute approximate surface area is 194 Å². The van der Waals surface area contributed by atoms with E-state index in [1.165, 1.54) is 0 Å². The minimum Gasteiger partial charge on any atom is -0.497 e. The van der Waals surface area contributed by atoms with Gasteiger partial charge in [0.2, 0.25) is 11.8 Å². The summed E-state index contributed by atoms with van der Waals surface area (Å²) in [4.78, 5) is 41.2. The van der Waals surface area contributed by atoms with E-state index in [9.17, 15) is 14.4 Å². The third-order valence-corrected chi connectivity index (χ3v) is 5.80. The molecule has 1 aliphatic rings. The molecule has 1 heterocycles. The Kier molecular flexibility index (Phi) is 8.43. The number of nitrogens with one attached hydrogen (secondary N) is 1. The lowest BCUT2D eigenvalue weighted by Gasteiger charge is -2.17. The van der Waals surface area contributed by atoms with Crippen LogP contribution in [-0.2, 0) is 14.3 Å². The molecule has 8 heteroatoms. The number of amides is 2. The second-order valence-electron chi connectivity index (χ2n) is 7.83. The zero-order valence-electron chi connectivity index (χ0n) is 19.4. The van der Waals surface area contributed by atoms with Crippen molar-refractivity contribution in [1.82, 2.24) is 4.90 Å². The predicted octanol–water partition coefficient (Wildman–Crippen LogP) is 3.19. The number of benzene rings is 2. The number of hydrogen-bond acceptors (Lipinski definition) is 6. The normalized spacial score (nSPS) is 15.6. The number of anilines is 2. The highest BCUT2D eigenvalue weighted by molar-refractivity contribution is 6.03. The third-order valence-electron chi connectivity index (χ3n) is 5.80. The van der Waals surface area contributed by atoms with Crippen molar-refractivity contribution in [1.29, 1.82) is 0 Å². The minimum atomic E-state index is -0.454. The Morgan fingerprint density at radius 3 is 2.33 bits per heavy atom. The van der Waals surface area contributed by atoms with Gasteiger partial charge in [0.15, 0.2) is 0 Å². The molecule has 2 aromatic rings. The highest BCUT2D eigenvalue weighted by Gasteiger charge is 2.35. The second-order valence-corrected chi connectivity index (χ2v) is 7.83. The predicted molar refractivity (Wildman–Crippen MR) is 127 cm³/mol. The molecule has 1 atom stereocenters. The smallest absolute Gasteiger partial charge is 0.338 e. The van der Waals surface area contributed by atoms with Crippen LogP contribution in [0.3, 0.4) is 0 Å². The molecule has 1 N–H and O–H groups in total. The molecule has 1 aliphatic heterocycles. The minimum absolute atomic E-state index is 0.0943. The molecule has 1 saturated heterocycles. The Morgan fingerprint density at radius 1 is 1.06 bits per heavy atom. The van der Waals surface area contributed by atoms with Gasteiger partial charge in [0.1, 0.15) is 12.4 Å². The number of likely N-dealkylation sites (N-methyl/N-ethyl adjacent to an activating group) is 1. The highest BCUT2D eigenvalue weighted by Crippen LogP contribution is 2.27. The molecule has 0 saturated carbocycles. The van der Waals surface area contributed by atoms with Gasteiger partial charge in [-0.2, -0.15) is 0 Å². The Bertz CT molecular complexity index is 955. The average Bonchev–Trinajstić information content (AvgIpc) is 3.24. The van der Waals surface area contributed by atoms with Crippen LogP contribution in [0.4, 0.5) is 11.4 Å². The van der Waals surface area contributed by atoms with Crippen molar-refractivity contribution < 1.29 is 23.9 Å². The lowest BCUT2D eigenvalue weighted by atomic mass is 10.1. The van der Waals surface area contributed by atoms with Gasteiger partial charge in [-0.1, -0.05) is 13.8 Å². The fraction of sp³-hybridized carbons (Fsp3) is 0.400. The van der Waals surface area contributed by atoms with E-state index >= 15 is 0 Å². The van der Waals surface area contributed by atoms with Gasteiger partial charge in [0, 0.05) is 30.9 Å². The Hall–Kier alpha value is -3.39. The summed E-state index contributed by atoms with van der Waals surface area (Å²) in [6, 6.07) is 13.7. The number of carbonyl (C=O) groups is 3. The molecule has 0 aromatic heterocycles. The average molecular weight is 454 g/mol. The Morgan fingerprint density at radius 2 is 1.73 bits per heavy atom. The first-order valence-corrected chi connectivity index (χ1v) is 11.2. The maximum atomic E-state index is 12.7. The van der Waals surface area contributed by atoms with Crippen LogP contribution in [0, 0.1) is 5.92 Å². The van der Waals surface area contributed by atoms with Crippen LogP contribution >= 0.6 is 0 Å². The lowest BCUT2D eigenvalue weighted by Crippen LogP contribution is -2.28. The van der Waals surface area contributed by atoms with Gasteiger partial charge in [-0.3, -0.25) is 9.59 Å². The second kappa shape index (κ2) is 11.5. The van der Waals surface area contributed by atoms with Crippen molar-refractivity contribution in [3.63, 3.8) is 0 Å². The quantitative estimate of drug-likeness (QED) is 0.556.